The highest BCUT2D eigenvalue weighted by molar-refractivity contribution is 5.71. The molecule has 6 nitrogen and oxygen atoms in total. The summed E-state index contributed by atoms with van der Waals surface area (Å²) in [6, 6.07) is 0. The molecule has 1 atom stereocenters. The van der Waals surface area contributed by atoms with Gasteiger partial charge in [0.05, 0.1) is 0 Å². The van der Waals surface area contributed by atoms with Gasteiger partial charge in [-0.2, -0.15) is 0 Å². The Morgan fingerprint density at radius 3 is 1.20 bits per heavy atom. The minimum absolute atomic E-state index is 0.129. The SMILES string of the molecule is CC/C=C/C=C/C=C/C=C/C=C/CCCC(=O)OCC(COC(=O)CCCCCCC/C=C/C=C/C=C/C=C/CC)OC(=O)CCCCCC/C=C/C/C=C/C/C=C/CC. The Bertz CT molecular complexity index is 1410. The monoisotopic (exact) mass is 825 g/mol. The molecule has 0 N–H and O–H groups in total. The van der Waals surface area contributed by atoms with Crippen LogP contribution in [0.3, 0.4) is 0 Å². The zero-order valence-electron chi connectivity index (χ0n) is 37.6. The molecule has 0 aromatic rings. The lowest BCUT2D eigenvalue weighted by Gasteiger charge is -2.18. The van der Waals surface area contributed by atoms with E-state index in [1.165, 1.54) is 0 Å². The van der Waals surface area contributed by atoms with Crippen molar-refractivity contribution in [2.75, 3.05) is 13.2 Å². The van der Waals surface area contributed by atoms with Gasteiger partial charge in [0.15, 0.2) is 6.10 Å². The fourth-order valence-electron chi connectivity index (χ4n) is 5.44. The average molecular weight is 825 g/mol. The Kier molecular flexibility index (Phi) is 43.3. The van der Waals surface area contributed by atoms with Crippen LogP contribution in [0, 0.1) is 0 Å². The predicted octanol–water partition coefficient (Wildman–Crippen LogP) is 14.9. The molecular weight excluding hydrogens is 745 g/mol. The van der Waals surface area contributed by atoms with Gasteiger partial charge in [-0.25, -0.2) is 0 Å². The fourth-order valence-corrected chi connectivity index (χ4v) is 5.44. The maximum absolute atomic E-state index is 12.7. The fraction of sp³-hybridized carbons (Fsp3) is 0.500. The number of carbonyl (C=O) groups excluding carboxylic acids is 3. The molecule has 0 amide bonds. The van der Waals surface area contributed by atoms with Crippen molar-refractivity contribution in [3.63, 3.8) is 0 Å². The summed E-state index contributed by atoms with van der Waals surface area (Å²) >= 11 is 0. The highest BCUT2D eigenvalue weighted by atomic mass is 16.6. The van der Waals surface area contributed by atoms with E-state index in [4.69, 9.17) is 14.2 Å². The molecule has 0 rings (SSSR count). The van der Waals surface area contributed by atoms with Crippen LogP contribution >= 0.6 is 0 Å². The summed E-state index contributed by atoms with van der Waals surface area (Å²) in [6.45, 7) is 6.09. The zero-order valence-corrected chi connectivity index (χ0v) is 37.6. The molecule has 0 aliphatic carbocycles. The van der Waals surface area contributed by atoms with E-state index < -0.39 is 6.10 Å². The van der Waals surface area contributed by atoms with Crippen molar-refractivity contribution < 1.29 is 28.6 Å². The van der Waals surface area contributed by atoms with Gasteiger partial charge in [0.2, 0.25) is 0 Å². The molecule has 0 radical (unpaired) electrons. The summed E-state index contributed by atoms with van der Waals surface area (Å²) in [7, 11) is 0. The maximum Gasteiger partial charge on any atom is 0.306 e. The second-order valence-corrected chi connectivity index (χ2v) is 14.4. The first kappa shape index (κ1) is 55.3. The molecule has 0 bridgehead atoms. The first-order chi connectivity index (χ1) is 29.5. The van der Waals surface area contributed by atoms with E-state index in [2.05, 4.69) is 87.6 Å². The Hall–Kier alpha value is -4.71. The van der Waals surface area contributed by atoms with Gasteiger partial charge in [-0.3, -0.25) is 14.4 Å². The van der Waals surface area contributed by atoms with Crippen molar-refractivity contribution in [2.45, 2.75) is 162 Å². The molecule has 60 heavy (non-hydrogen) atoms. The van der Waals surface area contributed by atoms with E-state index in [-0.39, 0.29) is 44.0 Å². The molecule has 0 aliphatic rings. The van der Waals surface area contributed by atoms with Crippen LogP contribution in [-0.4, -0.2) is 37.2 Å². The van der Waals surface area contributed by atoms with Gasteiger partial charge < -0.3 is 14.2 Å². The third-order valence-electron chi connectivity index (χ3n) is 8.79. The van der Waals surface area contributed by atoms with Crippen molar-refractivity contribution in [3.05, 3.63) is 146 Å². The van der Waals surface area contributed by atoms with E-state index in [1.807, 2.05) is 79.0 Å². The standard InChI is InChI=1S/C54H80O6/c1-4-7-10-13-16-19-22-25-27-30-32-35-38-41-44-47-53(56)59-50-51(49-58-52(55)46-43-40-37-34-31-28-24-21-18-15-12-9-6-3)60-54(57)48-45-42-39-36-33-29-26-23-20-17-14-11-8-5-2/h7-13,15-22,24-29,31,34,37,51H,4-6,14,23,30,32-33,35-36,38-50H2,1-3H3/b10-7+,11-8+,12-9+,16-13+,18-15+,20-17+,22-19+,24-21+,27-25+,29-26+,31-28+,37-34+. The van der Waals surface area contributed by atoms with E-state index in [0.717, 1.165) is 109 Å². The topological polar surface area (TPSA) is 78.9 Å². The Labute approximate surface area is 366 Å². The second-order valence-electron chi connectivity index (χ2n) is 14.4. The van der Waals surface area contributed by atoms with Crippen molar-refractivity contribution in [3.8, 4) is 0 Å². The molecule has 0 fully saturated rings. The average Bonchev–Trinajstić information content (AvgIpc) is 3.24. The quantitative estimate of drug-likeness (QED) is 0.0203. The second kappa shape index (κ2) is 47.0. The molecule has 1 unspecified atom stereocenters. The Morgan fingerprint density at radius 2 is 0.700 bits per heavy atom. The van der Waals surface area contributed by atoms with Crippen molar-refractivity contribution in [2.24, 2.45) is 0 Å². The Morgan fingerprint density at radius 1 is 0.350 bits per heavy atom. The van der Waals surface area contributed by atoms with Crippen molar-refractivity contribution in [1.29, 1.82) is 0 Å². The van der Waals surface area contributed by atoms with Crippen LogP contribution in [0.2, 0.25) is 0 Å². The summed E-state index contributed by atoms with van der Waals surface area (Å²) < 4.78 is 16.6. The van der Waals surface area contributed by atoms with Gasteiger partial charge in [0.1, 0.15) is 13.2 Å². The third-order valence-corrected chi connectivity index (χ3v) is 8.79. The van der Waals surface area contributed by atoms with Gasteiger partial charge in [0.25, 0.3) is 0 Å². The summed E-state index contributed by atoms with van der Waals surface area (Å²) in [5, 5.41) is 0. The lowest BCUT2D eigenvalue weighted by atomic mass is 10.1. The number of carbonyl (C=O) groups is 3. The first-order valence-electron chi connectivity index (χ1n) is 23.0. The number of hydrogen-bond acceptors (Lipinski definition) is 6. The number of unbranched alkanes of at least 4 members (excludes halogenated alkanes) is 10. The van der Waals surface area contributed by atoms with Gasteiger partial charge in [0, 0.05) is 19.3 Å². The van der Waals surface area contributed by atoms with Gasteiger partial charge >= 0.3 is 17.9 Å². The lowest BCUT2D eigenvalue weighted by Crippen LogP contribution is -2.30. The number of esters is 3. The van der Waals surface area contributed by atoms with E-state index in [0.29, 0.717) is 12.8 Å². The highest BCUT2D eigenvalue weighted by Gasteiger charge is 2.19. The summed E-state index contributed by atoms with van der Waals surface area (Å²) in [4.78, 5) is 37.8. The van der Waals surface area contributed by atoms with Gasteiger partial charge in [-0.1, -0.05) is 199 Å². The van der Waals surface area contributed by atoms with Crippen LogP contribution in [0.1, 0.15) is 156 Å². The molecule has 0 aromatic carbocycles. The number of ether oxygens (including phenoxy) is 3. The molecule has 332 valence electrons. The molecule has 6 heteroatoms. The van der Waals surface area contributed by atoms with E-state index in [9.17, 15) is 14.4 Å². The Balaban J connectivity index is 4.62. The van der Waals surface area contributed by atoms with E-state index in [1.54, 1.807) is 0 Å². The normalized spacial score (nSPS) is 13.4. The lowest BCUT2D eigenvalue weighted by molar-refractivity contribution is -0.167. The smallest absolute Gasteiger partial charge is 0.306 e. The number of allylic oxidation sites excluding steroid dienone is 24. The van der Waals surface area contributed by atoms with Gasteiger partial charge in [-0.15, -0.1) is 0 Å². The van der Waals surface area contributed by atoms with E-state index >= 15 is 0 Å². The molecular formula is C54H80O6. The number of hydrogen-bond donors (Lipinski definition) is 0. The van der Waals surface area contributed by atoms with Crippen LogP contribution in [0.25, 0.3) is 0 Å². The van der Waals surface area contributed by atoms with Crippen LogP contribution in [-0.2, 0) is 28.6 Å². The summed E-state index contributed by atoms with van der Waals surface area (Å²) in [5.41, 5.74) is 0. The third kappa shape index (κ3) is 44.4. The summed E-state index contributed by atoms with van der Waals surface area (Å²) in [5.74, 6) is -1.07. The minimum atomic E-state index is -0.834. The molecule has 0 saturated carbocycles. The molecule has 0 aromatic heterocycles. The largest absolute Gasteiger partial charge is 0.462 e. The molecule has 0 heterocycles. The van der Waals surface area contributed by atoms with Crippen LogP contribution in [0.15, 0.2) is 146 Å². The predicted molar refractivity (Wildman–Crippen MR) is 255 cm³/mol. The van der Waals surface area contributed by atoms with Crippen molar-refractivity contribution in [1.82, 2.24) is 0 Å². The van der Waals surface area contributed by atoms with Crippen molar-refractivity contribution >= 4 is 17.9 Å². The summed E-state index contributed by atoms with van der Waals surface area (Å²) in [6.07, 6.45) is 66.9. The van der Waals surface area contributed by atoms with Crippen LogP contribution < -0.4 is 0 Å². The molecule has 0 saturated heterocycles. The van der Waals surface area contributed by atoms with Crippen LogP contribution in [0.4, 0.5) is 0 Å². The van der Waals surface area contributed by atoms with Crippen LogP contribution in [0.5, 0.6) is 0 Å². The zero-order chi connectivity index (χ0) is 43.7. The van der Waals surface area contributed by atoms with Gasteiger partial charge in [-0.05, 0) is 83.5 Å². The maximum atomic E-state index is 12.7. The number of rotatable bonds is 38. The molecule has 0 spiro atoms. The first-order valence-corrected chi connectivity index (χ1v) is 23.0. The molecule has 0 aliphatic heterocycles. The minimum Gasteiger partial charge on any atom is -0.462 e. The highest BCUT2D eigenvalue weighted by Crippen LogP contribution is 2.11.